The quantitative estimate of drug-likeness (QED) is 0.107. The highest BCUT2D eigenvalue weighted by atomic mass is 28.3. The molecule has 13 rings (SSSR count). The Morgan fingerprint density at radius 3 is 1.66 bits per heavy atom. The van der Waals surface area contributed by atoms with Crippen molar-refractivity contribution in [2.45, 2.75) is 19.6 Å². The first-order valence-electron chi connectivity index (χ1n) is 24.1. The molecule has 4 nitrogen and oxygen atoms in total. The highest BCUT2D eigenvalue weighted by Gasteiger charge is 2.24. The lowest BCUT2D eigenvalue weighted by atomic mass is 9.94. The first kappa shape index (κ1) is 41.5. The number of hydrogen-bond donors (Lipinski definition) is 0. The maximum atomic E-state index is 7.03. The Bertz CT molecular complexity index is 4090. The maximum Gasteiger partial charge on any atom is 0.159 e. The molecule has 0 unspecified atom stereocenters. The van der Waals surface area contributed by atoms with Crippen LogP contribution in [-0.2, 0) is 0 Å². The summed E-state index contributed by atoms with van der Waals surface area (Å²) < 4.78 is 13.7. The molecule has 0 atom stereocenters. The number of hydrogen-bond acceptors (Lipinski definition) is 4. The number of furan rings is 2. The van der Waals surface area contributed by atoms with Crippen molar-refractivity contribution >= 4 is 113 Å². The monoisotopic (exact) mass is 916 g/mol. The van der Waals surface area contributed by atoms with Crippen LogP contribution in [0.3, 0.4) is 0 Å². The number of rotatable bonds is 9. The van der Waals surface area contributed by atoms with Crippen LogP contribution in [0.5, 0.6) is 0 Å². The van der Waals surface area contributed by atoms with Gasteiger partial charge in [-0.15, -0.1) is 0 Å². The topological polar surface area (TPSA) is 32.8 Å². The van der Waals surface area contributed by atoms with Gasteiger partial charge in [-0.05, 0) is 112 Å². The average molecular weight is 917 g/mol. The Morgan fingerprint density at radius 2 is 0.871 bits per heavy atom. The molecule has 0 fully saturated rings. The highest BCUT2D eigenvalue weighted by Crippen LogP contribution is 2.47. The van der Waals surface area contributed by atoms with Crippen molar-refractivity contribution in [3.05, 3.63) is 237 Å². The van der Waals surface area contributed by atoms with Crippen molar-refractivity contribution in [3.8, 4) is 22.3 Å². The van der Waals surface area contributed by atoms with Crippen molar-refractivity contribution in [1.82, 2.24) is 0 Å². The summed E-state index contributed by atoms with van der Waals surface area (Å²) in [5, 5.41) is 10.5. The van der Waals surface area contributed by atoms with E-state index in [1.54, 1.807) is 0 Å². The van der Waals surface area contributed by atoms with Gasteiger partial charge in [-0.3, -0.25) is 0 Å². The van der Waals surface area contributed by atoms with Crippen LogP contribution in [0.25, 0.3) is 87.7 Å². The Kier molecular flexibility index (Phi) is 9.82. The van der Waals surface area contributed by atoms with Gasteiger partial charge in [0.2, 0.25) is 0 Å². The standard InChI is InChI=1S/C65H48N2O2Si/c1-70(2,3)50-37-34-47(35-38-50)66(46-19-8-5-9-20-46)49-36-40-57-62(42-49)69-65-56-39-31-45(41-58(56)52-22-10-11-24-54(52)63(57)65)43-29-32-48(33-30-43)67(59-26-14-12-21-51(59)44-17-6-4-7-18-44)60-27-16-25-55-53-23-13-15-28-61(53)68-64(55)60/h4-42H,1-3H3. The lowest BCUT2D eigenvalue weighted by Gasteiger charge is -2.28. The minimum absolute atomic E-state index is 0.853. The van der Waals surface area contributed by atoms with Gasteiger partial charge in [0.25, 0.3) is 0 Å². The number of nitrogens with zero attached hydrogens (tertiary/aromatic N) is 2. The van der Waals surface area contributed by atoms with Crippen LogP contribution in [-0.4, -0.2) is 8.07 Å². The molecule has 0 radical (unpaired) electrons. The highest BCUT2D eigenvalue weighted by molar-refractivity contribution is 6.88. The summed E-state index contributed by atoms with van der Waals surface area (Å²) in [6.07, 6.45) is 0. The van der Waals surface area contributed by atoms with E-state index in [1.165, 1.54) is 16.0 Å². The fourth-order valence-corrected chi connectivity index (χ4v) is 11.7. The average Bonchev–Trinajstić information content (AvgIpc) is 3.99. The summed E-state index contributed by atoms with van der Waals surface area (Å²) in [7, 11) is -1.47. The van der Waals surface area contributed by atoms with Gasteiger partial charge >= 0.3 is 0 Å². The van der Waals surface area contributed by atoms with Crippen LogP contribution in [0.4, 0.5) is 34.1 Å². The molecule has 2 aromatic heterocycles. The fourth-order valence-electron chi connectivity index (χ4n) is 10.5. The zero-order valence-electron chi connectivity index (χ0n) is 39.2. The Morgan fingerprint density at radius 1 is 0.314 bits per heavy atom. The molecule has 0 spiro atoms. The molecule has 0 amide bonds. The molecule has 13 aromatic rings. The molecule has 70 heavy (non-hydrogen) atoms. The number of benzene rings is 11. The van der Waals surface area contributed by atoms with E-state index in [1.807, 2.05) is 12.1 Å². The van der Waals surface area contributed by atoms with Gasteiger partial charge in [0.05, 0.1) is 19.4 Å². The second-order valence-electron chi connectivity index (χ2n) is 19.3. The predicted octanol–water partition coefficient (Wildman–Crippen LogP) is 18.6. The molecule has 0 aliphatic heterocycles. The third kappa shape index (κ3) is 6.97. The van der Waals surface area contributed by atoms with Crippen LogP contribution in [0, 0.1) is 0 Å². The van der Waals surface area contributed by atoms with Crippen LogP contribution >= 0.6 is 0 Å². The van der Waals surface area contributed by atoms with Crippen molar-refractivity contribution in [3.63, 3.8) is 0 Å². The van der Waals surface area contributed by atoms with Crippen molar-refractivity contribution in [2.24, 2.45) is 0 Å². The van der Waals surface area contributed by atoms with E-state index in [4.69, 9.17) is 8.83 Å². The predicted molar refractivity (Wildman–Crippen MR) is 299 cm³/mol. The third-order valence-electron chi connectivity index (χ3n) is 14.0. The SMILES string of the molecule is C[Si](C)(C)c1ccc(N(c2ccccc2)c2ccc3c(c2)oc2c4ccc(-c5ccc(N(c6ccccc6-c6ccccc6)c6cccc7c6oc6ccccc67)cc5)cc4c4ccccc4c32)cc1. The minimum Gasteiger partial charge on any atom is -0.455 e. The molecular formula is C65H48N2O2Si. The Balaban J connectivity index is 0.928. The normalized spacial score (nSPS) is 11.9. The van der Waals surface area contributed by atoms with Gasteiger partial charge in [-0.25, -0.2) is 0 Å². The molecular weight excluding hydrogens is 869 g/mol. The summed E-state index contributed by atoms with van der Waals surface area (Å²) in [5.74, 6) is 0. The van der Waals surface area contributed by atoms with E-state index in [0.29, 0.717) is 0 Å². The van der Waals surface area contributed by atoms with Gasteiger partial charge in [0.1, 0.15) is 16.7 Å². The van der Waals surface area contributed by atoms with E-state index >= 15 is 0 Å². The molecule has 334 valence electrons. The summed E-state index contributed by atoms with van der Waals surface area (Å²) in [5.41, 5.74) is 14.4. The van der Waals surface area contributed by atoms with Gasteiger partial charge in [-0.2, -0.15) is 0 Å². The number of fused-ring (bicyclic) bond motifs is 11. The van der Waals surface area contributed by atoms with E-state index < -0.39 is 8.07 Å². The first-order valence-corrected chi connectivity index (χ1v) is 27.6. The fraction of sp³-hybridized carbons (Fsp3) is 0.0462. The van der Waals surface area contributed by atoms with Crippen molar-refractivity contribution < 1.29 is 8.83 Å². The zero-order valence-corrected chi connectivity index (χ0v) is 40.2. The minimum atomic E-state index is -1.47. The van der Waals surface area contributed by atoms with E-state index in [0.717, 1.165) is 111 Å². The molecule has 11 aromatic carbocycles. The maximum absolute atomic E-state index is 7.03. The molecule has 5 heteroatoms. The van der Waals surface area contributed by atoms with E-state index in [-0.39, 0.29) is 0 Å². The second-order valence-corrected chi connectivity index (χ2v) is 24.4. The summed E-state index contributed by atoms with van der Waals surface area (Å²) in [4.78, 5) is 4.67. The van der Waals surface area contributed by atoms with Crippen LogP contribution in [0.2, 0.25) is 19.6 Å². The van der Waals surface area contributed by atoms with Crippen LogP contribution in [0.1, 0.15) is 0 Å². The summed E-state index contributed by atoms with van der Waals surface area (Å²) >= 11 is 0. The first-order chi connectivity index (χ1) is 34.4. The van der Waals surface area contributed by atoms with Gasteiger partial charge in [0.15, 0.2) is 5.58 Å². The van der Waals surface area contributed by atoms with Crippen LogP contribution in [0.15, 0.2) is 245 Å². The van der Waals surface area contributed by atoms with Gasteiger partial charge in [-0.1, -0.05) is 176 Å². The van der Waals surface area contributed by atoms with Gasteiger partial charge in [0, 0.05) is 61.3 Å². The lowest BCUT2D eigenvalue weighted by molar-refractivity contribution is 0.669. The second kappa shape index (κ2) is 16.5. The molecule has 0 saturated heterocycles. The molecule has 2 heterocycles. The molecule has 0 aliphatic carbocycles. The van der Waals surface area contributed by atoms with Crippen molar-refractivity contribution in [2.75, 3.05) is 9.80 Å². The third-order valence-corrected chi connectivity index (χ3v) is 16.1. The van der Waals surface area contributed by atoms with Gasteiger partial charge < -0.3 is 18.6 Å². The zero-order chi connectivity index (χ0) is 46.9. The van der Waals surface area contributed by atoms with E-state index in [2.05, 4.69) is 254 Å². The van der Waals surface area contributed by atoms with Crippen molar-refractivity contribution in [1.29, 1.82) is 0 Å². The Hall–Kier alpha value is -8.64. The molecule has 0 N–H and O–H groups in total. The largest absolute Gasteiger partial charge is 0.455 e. The van der Waals surface area contributed by atoms with Crippen LogP contribution < -0.4 is 15.0 Å². The molecule has 0 saturated carbocycles. The number of para-hydroxylation sites is 4. The summed E-state index contributed by atoms with van der Waals surface area (Å²) in [6, 6.07) is 85.0. The summed E-state index contributed by atoms with van der Waals surface area (Å²) in [6.45, 7) is 7.18. The Labute approximate surface area is 407 Å². The lowest BCUT2D eigenvalue weighted by Crippen LogP contribution is -2.37. The molecule has 0 bridgehead atoms. The molecule has 0 aliphatic rings. The number of anilines is 6. The van der Waals surface area contributed by atoms with E-state index in [9.17, 15) is 0 Å². The smallest absolute Gasteiger partial charge is 0.159 e.